The third kappa shape index (κ3) is 5.09. The molecule has 2 amide bonds. The zero-order valence-corrected chi connectivity index (χ0v) is 21.2. The summed E-state index contributed by atoms with van der Waals surface area (Å²) >= 11 is 0. The van der Waals surface area contributed by atoms with Gasteiger partial charge in [0.05, 0.1) is 18.8 Å². The molecule has 1 atom stereocenters. The van der Waals surface area contributed by atoms with Gasteiger partial charge < -0.3 is 15.0 Å². The fraction of sp³-hybridized carbons (Fsp3) is 0.393. The highest BCUT2D eigenvalue weighted by Gasteiger charge is 2.48. The Bertz CT molecular complexity index is 1200. The molecule has 0 fully saturated rings. The van der Waals surface area contributed by atoms with Gasteiger partial charge in [0.2, 0.25) is 5.91 Å². The minimum atomic E-state index is -1.11. The molecule has 0 spiro atoms. The first-order valence-corrected chi connectivity index (χ1v) is 12.1. The lowest BCUT2D eigenvalue weighted by Crippen LogP contribution is -2.63. The highest BCUT2D eigenvalue weighted by Crippen LogP contribution is 2.32. The average molecular weight is 475 g/mol. The summed E-state index contributed by atoms with van der Waals surface area (Å²) in [5.74, 6) is 0.363. The maximum Gasteiger partial charge on any atom is 0.273 e. The lowest BCUT2D eigenvalue weighted by Gasteiger charge is -2.43. The van der Waals surface area contributed by atoms with Gasteiger partial charge in [-0.25, -0.2) is 0 Å². The molecule has 1 aromatic heterocycles. The van der Waals surface area contributed by atoms with Crippen LogP contribution in [0.25, 0.3) is 0 Å². The van der Waals surface area contributed by atoms with Crippen LogP contribution in [0, 0.1) is 0 Å². The number of amides is 2. The zero-order chi connectivity index (χ0) is 25.2. The second kappa shape index (κ2) is 9.56. The van der Waals surface area contributed by atoms with Crippen LogP contribution in [-0.4, -0.2) is 38.6 Å². The Morgan fingerprint density at radius 1 is 1.09 bits per heavy atom. The molecule has 0 radical (unpaired) electrons. The van der Waals surface area contributed by atoms with E-state index < -0.39 is 5.54 Å². The number of carbonyl (C=O) groups excluding carboxylic acids is 2. The number of carbonyl (C=O) groups is 2. The van der Waals surface area contributed by atoms with Crippen molar-refractivity contribution in [2.24, 2.45) is 0 Å². The second-order valence-electron chi connectivity index (χ2n) is 10.2. The first kappa shape index (κ1) is 24.5. The van der Waals surface area contributed by atoms with Crippen molar-refractivity contribution in [1.82, 2.24) is 20.0 Å². The average Bonchev–Trinajstić information content (AvgIpc) is 3.27. The van der Waals surface area contributed by atoms with Crippen molar-refractivity contribution < 1.29 is 14.3 Å². The first-order valence-electron chi connectivity index (χ1n) is 12.1. The molecule has 0 bridgehead atoms. The molecular weight excluding hydrogens is 440 g/mol. The summed E-state index contributed by atoms with van der Waals surface area (Å²) in [5, 5.41) is 7.76. The Morgan fingerprint density at radius 3 is 2.40 bits per heavy atom. The molecule has 3 aromatic rings. The van der Waals surface area contributed by atoms with Crippen LogP contribution in [0.5, 0.6) is 5.75 Å². The Kier molecular flexibility index (Phi) is 6.70. The maximum atomic E-state index is 13.8. The topological polar surface area (TPSA) is 76.5 Å². The van der Waals surface area contributed by atoms with Crippen LogP contribution in [0.4, 0.5) is 0 Å². The Labute approximate surface area is 207 Å². The number of hydrogen-bond donors (Lipinski definition) is 1. The molecule has 2 aromatic carbocycles. The molecule has 1 N–H and O–H groups in total. The third-order valence-electron chi connectivity index (χ3n) is 6.43. The van der Waals surface area contributed by atoms with E-state index in [-0.39, 0.29) is 23.8 Å². The molecule has 4 rings (SSSR count). The molecule has 0 saturated carbocycles. The molecule has 1 aliphatic heterocycles. The molecule has 35 heavy (non-hydrogen) atoms. The standard InChI is InChI=1S/C28H34N4O3/c1-6-35-22-14-12-21(13-15-22)18-31-25(33)23-16-24(27(2,3)4)30-32(23)19-28(31,5)26(34)29-17-20-10-8-7-9-11-20/h7-16H,6,17-19H2,1-5H3,(H,29,34)/t28-/m1/s1. The predicted octanol–water partition coefficient (Wildman–Crippen LogP) is 4.31. The van der Waals surface area contributed by atoms with Crippen molar-refractivity contribution in [3.05, 3.63) is 83.2 Å². The number of nitrogens with zero attached hydrogens (tertiary/aromatic N) is 3. The lowest BCUT2D eigenvalue weighted by molar-refractivity contribution is -0.133. The number of rotatable bonds is 7. The smallest absolute Gasteiger partial charge is 0.273 e. The van der Waals surface area contributed by atoms with Gasteiger partial charge >= 0.3 is 0 Å². The van der Waals surface area contributed by atoms with Crippen LogP contribution in [0.3, 0.4) is 0 Å². The minimum Gasteiger partial charge on any atom is -0.494 e. The van der Waals surface area contributed by atoms with Crippen LogP contribution < -0.4 is 10.1 Å². The van der Waals surface area contributed by atoms with E-state index in [1.165, 1.54) is 0 Å². The first-order chi connectivity index (χ1) is 16.6. The summed E-state index contributed by atoms with van der Waals surface area (Å²) in [6.07, 6.45) is 0. The summed E-state index contributed by atoms with van der Waals surface area (Å²) in [6, 6.07) is 19.3. The summed E-state index contributed by atoms with van der Waals surface area (Å²) in [5.41, 5.74) is 1.94. The van der Waals surface area contributed by atoms with Crippen LogP contribution in [0.1, 0.15) is 61.9 Å². The van der Waals surface area contributed by atoms with Crippen molar-refractivity contribution in [2.75, 3.05) is 6.61 Å². The highest BCUT2D eigenvalue weighted by molar-refractivity contribution is 5.99. The number of hydrogen-bond acceptors (Lipinski definition) is 4. The van der Waals surface area contributed by atoms with Crippen molar-refractivity contribution in [2.45, 2.75) is 65.2 Å². The van der Waals surface area contributed by atoms with Gasteiger partial charge in [0.15, 0.2) is 0 Å². The molecule has 0 unspecified atom stereocenters. The summed E-state index contributed by atoms with van der Waals surface area (Å²) < 4.78 is 7.24. The number of fused-ring (bicyclic) bond motifs is 1. The summed E-state index contributed by atoms with van der Waals surface area (Å²) in [4.78, 5) is 29.1. The maximum absolute atomic E-state index is 13.8. The van der Waals surface area contributed by atoms with Gasteiger partial charge in [0.1, 0.15) is 17.0 Å². The van der Waals surface area contributed by atoms with Gasteiger partial charge in [-0.3, -0.25) is 14.3 Å². The summed E-state index contributed by atoms with van der Waals surface area (Å²) in [6.45, 7) is 11.5. The van der Waals surface area contributed by atoms with Gasteiger partial charge in [-0.1, -0.05) is 63.2 Å². The predicted molar refractivity (Wildman–Crippen MR) is 135 cm³/mol. The normalized spacial score (nSPS) is 17.7. The van der Waals surface area contributed by atoms with Crippen molar-refractivity contribution in [1.29, 1.82) is 0 Å². The molecule has 0 saturated heterocycles. The fourth-order valence-electron chi connectivity index (χ4n) is 4.26. The van der Waals surface area contributed by atoms with E-state index >= 15 is 0 Å². The van der Waals surface area contributed by atoms with E-state index in [4.69, 9.17) is 9.84 Å². The van der Waals surface area contributed by atoms with E-state index in [2.05, 4.69) is 26.1 Å². The van der Waals surface area contributed by atoms with E-state index in [0.29, 0.717) is 25.4 Å². The fourth-order valence-corrected chi connectivity index (χ4v) is 4.26. The van der Waals surface area contributed by atoms with Crippen LogP contribution in [-0.2, 0) is 29.8 Å². The number of benzene rings is 2. The van der Waals surface area contributed by atoms with Gasteiger partial charge in [-0.2, -0.15) is 5.10 Å². The van der Waals surface area contributed by atoms with E-state index in [0.717, 1.165) is 22.6 Å². The largest absolute Gasteiger partial charge is 0.494 e. The Balaban J connectivity index is 1.66. The van der Waals surface area contributed by atoms with Crippen LogP contribution >= 0.6 is 0 Å². The Hall–Kier alpha value is -3.61. The van der Waals surface area contributed by atoms with Crippen molar-refractivity contribution >= 4 is 11.8 Å². The molecule has 1 aliphatic rings. The van der Waals surface area contributed by atoms with Crippen LogP contribution in [0.2, 0.25) is 0 Å². The monoisotopic (exact) mass is 474 g/mol. The number of ether oxygens (including phenoxy) is 1. The number of nitrogens with one attached hydrogen (secondary N) is 1. The number of aromatic nitrogens is 2. The molecular formula is C28H34N4O3. The van der Waals surface area contributed by atoms with Gasteiger partial charge in [-0.15, -0.1) is 0 Å². The van der Waals surface area contributed by atoms with Crippen molar-refractivity contribution in [3.8, 4) is 5.75 Å². The van der Waals surface area contributed by atoms with E-state index in [1.807, 2.05) is 74.5 Å². The van der Waals surface area contributed by atoms with Gasteiger partial charge in [-0.05, 0) is 43.2 Å². The highest BCUT2D eigenvalue weighted by atomic mass is 16.5. The Morgan fingerprint density at radius 2 is 1.77 bits per heavy atom. The second-order valence-corrected chi connectivity index (χ2v) is 10.2. The van der Waals surface area contributed by atoms with E-state index in [9.17, 15) is 9.59 Å². The summed E-state index contributed by atoms with van der Waals surface area (Å²) in [7, 11) is 0. The van der Waals surface area contributed by atoms with Crippen LogP contribution in [0.15, 0.2) is 60.7 Å². The third-order valence-corrected chi connectivity index (χ3v) is 6.43. The SMILES string of the molecule is CCOc1ccc(CN2C(=O)c3cc(C(C)(C)C)nn3C[C@]2(C)C(=O)NCc2ccccc2)cc1. The minimum absolute atomic E-state index is 0.203. The van der Waals surface area contributed by atoms with Gasteiger partial charge in [0, 0.05) is 18.5 Å². The van der Waals surface area contributed by atoms with E-state index in [1.54, 1.807) is 9.58 Å². The molecule has 0 aliphatic carbocycles. The molecule has 7 heteroatoms. The molecule has 184 valence electrons. The quantitative estimate of drug-likeness (QED) is 0.554. The molecule has 7 nitrogen and oxygen atoms in total. The molecule has 2 heterocycles. The lowest BCUT2D eigenvalue weighted by atomic mass is 9.91. The van der Waals surface area contributed by atoms with Crippen molar-refractivity contribution in [3.63, 3.8) is 0 Å². The van der Waals surface area contributed by atoms with Gasteiger partial charge in [0.25, 0.3) is 5.91 Å². The zero-order valence-electron chi connectivity index (χ0n) is 21.2.